The van der Waals surface area contributed by atoms with Crippen molar-refractivity contribution in [1.29, 1.82) is 0 Å². The third-order valence-electron chi connectivity index (χ3n) is 3.60. The Morgan fingerprint density at radius 2 is 1.92 bits per heavy atom. The van der Waals surface area contributed by atoms with Crippen molar-refractivity contribution in [3.05, 3.63) is 72.4 Å². The molecule has 0 unspecified atom stereocenters. The molecule has 0 aliphatic heterocycles. The van der Waals surface area contributed by atoms with Gasteiger partial charge in [0.25, 0.3) is 5.89 Å². The molecule has 0 radical (unpaired) electrons. The van der Waals surface area contributed by atoms with Crippen molar-refractivity contribution in [3.63, 3.8) is 0 Å². The van der Waals surface area contributed by atoms with Crippen LogP contribution >= 0.6 is 0 Å². The molecule has 3 heterocycles. The van der Waals surface area contributed by atoms with Crippen molar-refractivity contribution < 1.29 is 13.6 Å². The molecular weight excluding hydrogens is 332 g/mol. The molecule has 7 heteroatoms. The zero-order chi connectivity index (χ0) is 17.8. The predicted molar refractivity (Wildman–Crippen MR) is 94.8 cm³/mol. The van der Waals surface area contributed by atoms with E-state index in [4.69, 9.17) is 13.6 Å². The molecule has 1 aromatic carbocycles. The SMILES string of the molecule is Cc1ccc(Oc2ccc(NCc3nnc(-c4ccco4)o3)cc2)nc1. The van der Waals surface area contributed by atoms with Gasteiger partial charge in [-0.2, -0.15) is 0 Å². The maximum Gasteiger partial charge on any atom is 0.283 e. The zero-order valence-corrected chi connectivity index (χ0v) is 14.0. The van der Waals surface area contributed by atoms with Gasteiger partial charge in [0, 0.05) is 18.0 Å². The van der Waals surface area contributed by atoms with Gasteiger partial charge in [0.2, 0.25) is 11.8 Å². The van der Waals surface area contributed by atoms with E-state index in [1.807, 2.05) is 43.3 Å². The number of pyridine rings is 1. The molecule has 0 atom stereocenters. The van der Waals surface area contributed by atoms with Gasteiger partial charge in [0.05, 0.1) is 12.8 Å². The van der Waals surface area contributed by atoms with E-state index in [0.717, 1.165) is 11.3 Å². The van der Waals surface area contributed by atoms with Crippen LogP contribution in [0.1, 0.15) is 11.5 Å². The van der Waals surface area contributed by atoms with Crippen molar-refractivity contribution in [1.82, 2.24) is 15.2 Å². The second kappa shape index (κ2) is 7.10. The number of aryl methyl sites for hydroxylation is 1. The van der Waals surface area contributed by atoms with Crippen LogP contribution in [0.3, 0.4) is 0 Å². The molecule has 4 rings (SSSR count). The molecule has 1 N–H and O–H groups in total. The summed E-state index contributed by atoms with van der Waals surface area (Å²) in [5, 5.41) is 11.2. The lowest BCUT2D eigenvalue weighted by atomic mass is 10.3. The van der Waals surface area contributed by atoms with Crippen LogP contribution in [-0.2, 0) is 6.54 Å². The van der Waals surface area contributed by atoms with Crippen molar-refractivity contribution in [3.8, 4) is 23.3 Å². The number of nitrogens with zero attached hydrogens (tertiary/aromatic N) is 3. The van der Waals surface area contributed by atoms with Crippen molar-refractivity contribution in [2.75, 3.05) is 5.32 Å². The molecule has 130 valence electrons. The van der Waals surface area contributed by atoms with Crippen LogP contribution in [0.15, 0.2) is 69.8 Å². The van der Waals surface area contributed by atoms with Crippen LogP contribution in [0.4, 0.5) is 5.69 Å². The fourth-order valence-electron chi connectivity index (χ4n) is 2.28. The van der Waals surface area contributed by atoms with Crippen LogP contribution < -0.4 is 10.1 Å². The zero-order valence-electron chi connectivity index (χ0n) is 14.0. The highest BCUT2D eigenvalue weighted by molar-refractivity contribution is 5.47. The average molecular weight is 348 g/mol. The van der Waals surface area contributed by atoms with E-state index in [-0.39, 0.29) is 0 Å². The van der Waals surface area contributed by atoms with Gasteiger partial charge in [-0.25, -0.2) is 4.98 Å². The summed E-state index contributed by atoms with van der Waals surface area (Å²) in [4.78, 5) is 4.22. The summed E-state index contributed by atoms with van der Waals surface area (Å²) in [7, 11) is 0. The maximum absolute atomic E-state index is 5.71. The van der Waals surface area contributed by atoms with Gasteiger partial charge in [0.1, 0.15) is 5.75 Å². The summed E-state index contributed by atoms with van der Waals surface area (Å²) < 4.78 is 16.5. The number of nitrogens with one attached hydrogen (secondary N) is 1. The smallest absolute Gasteiger partial charge is 0.283 e. The predicted octanol–water partition coefficient (Wildman–Crippen LogP) is 4.44. The summed E-state index contributed by atoms with van der Waals surface area (Å²) in [5.74, 6) is 2.66. The lowest BCUT2D eigenvalue weighted by Gasteiger charge is -2.07. The van der Waals surface area contributed by atoms with E-state index >= 15 is 0 Å². The Morgan fingerprint density at radius 3 is 2.65 bits per heavy atom. The van der Waals surface area contributed by atoms with Gasteiger partial charge in [0.15, 0.2) is 5.76 Å². The molecule has 0 aliphatic carbocycles. The highest BCUT2D eigenvalue weighted by Crippen LogP contribution is 2.22. The molecule has 26 heavy (non-hydrogen) atoms. The van der Waals surface area contributed by atoms with Crippen LogP contribution in [0.25, 0.3) is 11.7 Å². The normalized spacial score (nSPS) is 10.7. The molecular formula is C19H16N4O3. The van der Waals surface area contributed by atoms with E-state index in [1.54, 1.807) is 24.6 Å². The minimum Gasteiger partial charge on any atom is -0.459 e. The summed E-state index contributed by atoms with van der Waals surface area (Å²) in [6, 6.07) is 14.9. The monoisotopic (exact) mass is 348 g/mol. The lowest BCUT2D eigenvalue weighted by molar-refractivity contribution is 0.463. The van der Waals surface area contributed by atoms with E-state index in [1.165, 1.54) is 0 Å². The molecule has 0 bridgehead atoms. The number of furan rings is 1. The quantitative estimate of drug-likeness (QED) is 0.551. The first kappa shape index (κ1) is 15.9. The van der Waals surface area contributed by atoms with Gasteiger partial charge in [-0.3, -0.25) is 0 Å². The Hall–Kier alpha value is -3.61. The second-order valence-corrected chi connectivity index (χ2v) is 5.63. The van der Waals surface area contributed by atoms with Gasteiger partial charge in [-0.15, -0.1) is 10.2 Å². The number of anilines is 1. The number of hydrogen-bond donors (Lipinski definition) is 1. The van der Waals surface area contributed by atoms with Crippen LogP contribution in [0.2, 0.25) is 0 Å². The van der Waals surface area contributed by atoms with Crippen molar-refractivity contribution in [2.45, 2.75) is 13.5 Å². The molecule has 0 spiro atoms. The highest BCUT2D eigenvalue weighted by atomic mass is 16.5. The maximum atomic E-state index is 5.71. The number of benzene rings is 1. The summed E-state index contributed by atoms with van der Waals surface area (Å²) in [6.07, 6.45) is 3.33. The molecule has 0 saturated carbocycles. The second-order valence-electron chi connectivity index (χ2n) is 5.63. The molecule has 0 amide bonds. The van der Waals surface area contributed by atoms with Crippen molar-refractivity contribution >= 4 is 5.69 Å². The molecule has 0 aliphatic rings. The van der Waals surface area contributed by atoms with Gasteiger partial charge >= 0.3 is 0 Å². The van der Waals surface area contributed by atoms with Gasteiger partial charge in [-0.1, -0.05) is 6.07 Å². The fraction of sp³-hybridized carbons (Fsp3) is 0.105. The summed E-state index contributed by atoms with van der Waals surface area (Å²) in [5.41, 5.74) is 2.00. The van der Waals surface area contributed by atoms with E-state index in [9.17, 15) is 0 Å². The number of hydrogen-bond acceptors (Lipinski definition) is 7. The Balaban J connectivity index is 1.35. The Labute approximate surface area is 149 Å². The highest BCUT2D eigenvalue weighted by Gasteiger charge is 2.10. The van der Waals surface area contributed by atoms with Crippen LogP contribution in [-0.4, -0.2) is 15.2 Å². The average Bonchev–Trinajstić information content (AvgIpc) is 3.34. The van der Waals surface area contributed by atoms with Crippen molar-refractivity contribution in [2.24, 2.45) is 0 Å². The first-order chi connectivity index (χ1) is 12.8. The fourth-order valence-corrected chi connectivity index (χ4v) is 2.28. The van der Waals surface area contributed by atoms with E-state index < -0.39 is 0 Å². The standard InChI is InChI=1S/C19H16N4O3/c1-13-4-9-17(21-11-13)25-15-7-5-14(6-8-15)20-12-18-22-23-19(26-18)16-3-2-10-24-16/h2-11,20H,12H2,1H3. The molecule has 0 saturated heterocycles. The van der Waals surface area contributed by atoms with Gasteiger partial charge < -0.3 is 18.9 Å². The third kappa shape index (κ3) is 3.72. The van der Waals surface area contributed by atoms with E-state index in [2.05, 4.69) is 20.5 Å². The first-order valence-corrected chi connectivity index (χ1v) is 8.07. The number of aromatic nitrogens is 3. The third-order valence-corrected chi connectivity index (χ3v) is 3.60. The lowest BCUT2D eigenvalue weighted by Crippen LogP contribution is -1.99. The molecule has 7 nitrogen and oxygen atoms in total. The molecule has 3 aromatic heterocycles. The van der Waals surface area contributed by atoms with Gasteiger partial charge in [-0.05, 0) is 48.9 Å². The Bertz CT molecular complexity index is 961. The Morgan fingerprint density at radius 1 is 1.04 bits per heavy atom. The minimum atomic E-state index is 0.362. The summed E-state index contributed by atoms with van der Waals surface area (Å²) >= 11 is 0. The minimum absolute atomic E-state index is 0.362. The Kier molecular flexibility index (Phi) is 4.34. The number of ether oxygens (including phenoxy) is 1. The van der Waals surface area contributed by atoms with Crippen LogP contribution in [0.5, 0.6) is 11.6 Å². The summed E-state index contributed by atoms with van der Waals surface area (Å²) in [6.45, 7) is 2.39. The molecule has 0 fully saturated rings. The largest absolute Gasteiger partial charge is 0.459 e. The van der Waals surface area contributed by atoms with Crippen LogP contribution in [0, 0.1) is 6.92 Å². The first-order valence-electron chi connectivity index (χ1n) is 8.07. The number of rotatable bonds is 6. The molecule has 4 aromatic rings. The van der Waals surface area contributed by atoms with E-state index in [0.29, 0.717) is 35.7 Å². The topological polar surface area (TPSA) is 86.2 Å².